The fourth-order valence-electron chi connectivity index (χ4n) is 3.00. The lowest BCUT2D eigenvalue weighted by atomic mass is 10.1. The summed E-state index contributed by atoms with van der Waals surface area (Å²) < 4.78 is 10.3. The molecule has 26 heavy (non-hydrogen) atoms. The smallest absolute Gasteiger partial charge is 0.337 e. The number of carbonyl (C=O) groups is 1. The molecule has 1 N–H and O–H groups in total. The normalized spacial score (nSPS) is 10.7. The monoisotopic (exact) mass is 364 g/mol. The van der Waals surface area contributed by atoms with Crippen LogP contribution in [-0.4, -0.2) is 24.8 Å². The number of ether oxygens (including phenoxy) is 2. The third-order valence-corrected chi connectivity index (χ3v) is 4.64. The van der Waals surface area contributed by atoms with Crippen molar-refractivity contribution in [1.29, 1.82) is 0 Å². The third kappa shape index (κ3) is 9.69. The van der Waals surface area contributed by atoms with E-state index in [0.717, 1.165) is 12.8 Å². The summed E-state index contributed by atoms with van der Waals surface area (Å²) in [6.45, 7) is 2.81. The van der Waals surface area contributed by atoms with Crippen LogP contribution in [0.25, 0.3) is 0 Å². The number of phenols is 1. The van der Waals surface area contributed by atoms with E-state index in [0.29, 0.717) is 17.9 Å². The molecule has 0 fully saturated rings. The molecule has 0 spiro atoms. The van der Waals surface area contributed by atoms with Crippen LogP contribution in [0.15, 0.2) is 18.2 Å². The zero-order chi connectivity index (χ0) is 19.0. The molecule has 0 saturated heterocycles. The van der Waals surface area contributed by atoms with Crippen molar-refractivity contribution in [3.8, 4) is 11.5 Å². The van der Waals surface area contributed by atoms with Gasteiger partial charge in [-0.15, -0.1) is 0 Å². The first-order valence-corrected chi connectivity index (χ1v) is 10.2. The quantitative estimate of drug-likeness (QED) is 0.295. The Morgan fingerprint density at radius 3 is 1.96 bits per heavy atom. The molecule has 0 aliphatic carbocycles. The second-order valence-corrected chi connectivity index (χ2v) is 6.91. The molecule has 0 radical (unpaired) electrons. The first-order valence-electron chi connectivity index (χ1n) is 10.2. The molecule has 1 aromatic rings. The van der Waals surface area contributed by atoms with E-state index in [9.17, 15) is 9.90 Å². The van der Waals surface area contributed by atoms with Crippen molar-refractivity contribution in [1.82, 2.24) is 0 Å². The minimum atomic E-state index is -0.430. The van der Waals surface area contributed by atoms with Gasteiger partial charge < -0.3 is 14.6 Å². The first-order chi connectivity index (χ1) is 12.7. The molecule has 4 nitrogen and oxygen atoms in total. The van der Waals surface area contributed by atoms with Gasteiger partial charge in [-0.25, -0.2) is 4.79 Å². The zero-order valence-electron chi connectivity index (χ0n) is 16.6. The van der Waals surface area contributed by atoms with Crippen LogP contribution >= 0.6 is 0 Å². The number of hydrogen-bond acceptors (Lipinski definition) is 4. The highest BCUT2D eigenvalue weighted by Crippen LogP contribution is 2.27. The number of carbonyl (C=O) groups excluding carboxylic acids is 1. The Labute approximate surface area is 158 Å². The van der Waals surface area contributed by atoms with Crippen LogP contribution < -0.4 is 4.74 Å². The second kappa shape index (κ2) is 14.5. The van der Waals surface area contributed by atoms with Gasteiger partial charge in [0.25, 0.3) is 0 Å². The SMILES string of the molecule is CCCCCCCCCCCCCCOc1cc(C(=O)OC)ccc1O. The van der Waals surface area contributed by atoms with Crippen LogP contribution in [0.3, 0.4) is 0 Å². The van der Waals surface area contributed by atoms with Crippen molar-refractivity contribution < 1.29 is 19.4 Å². The highest BCUT2D eigenvalue weighted by atomic mass is 16.5. The molecule has 1 rings (SSSR count). The molecule has 0 amide bonds. The summed E-state index contributed by atoms with van der Waals surface area (Å²) in [5.41, 5.74) is 0.384. The van der Waals surface area contributed by atoms with Gasteiger partial charge >= 0.3 is 5.97 Å². The molecule has 0 unspecified atom stereocenters. The molecule has 0 aliphatic rings. The second-order valence-electron chi connectivity index (χ2n) is 6.91. The summed E-state index contributed by atoms with van der Waals surface area (Å²) in [6.07, 6.45) is 15.6. The van der Waals surface area contributed by atoms with Crippen LogP contribution in [0.2, 0.25) is 0 Å². The molecule has 0 bridgehead atoms. The molecule has 0 aliphatic heterocycles. The van der Waals surface area contributed by atoms with E-state index >= 15 is 0 Å². The summed E-state index contributed by atoms with van der Waals surface area (Å²) in [4.78, 5) is 11.5. The van der Waals surface area contributed by atoms with Gasteiger partial charge in [-0.2, -0.15) is 0 Å². The van der Waals surface area contributed by atoms with Crippen molar-refractivity contribution in [2.45, 2.75) is 84.0 Å². The molecular weight excluding hydrogens is 328 g/mol. The van der Waals surface area contributed by atoms with E-state index in [1.807, 2.05) is 0 Å². The molecule has 0 aromatic heterocycles. The van der Waals surface area contributed by atoms with Gasteiger partial charge in [0, 0.05) is 0 Å². The van der Waals surface area contributed by atoms with Gasteiger partial charge in [-0.3, -0.25) is 0 Å². The number of benzene rings is 1. The maximum atomic E-state index is 11.5. The van der Waals surface area contributed by atoms with Crippen LogP contribution in [0, 0.1) is 0 Å². The summed E-state index contributed by atoms with van der Waals surface area (Å²) in [5.74, 6) is -0.0345. The summed E-state index contributed by atoms with van der Waals surface area (Å²) in [5, 5.41) is 9.80. The van der Waals surface area contributed by atoms with Gasteiger partial charge in [-0.1, -0.05) is 77.6 Å². The molecule has 148 valence electrons. The molecule has 0 saturated carbocycles. The fraction of sp³-hybridized carbons (Fsp3) is 0.682. The molecule has 1 aromatic carbocycles. The van der Waals surface area contributed by atoms with Crippen LogP contribution in [0.1, 0.15) is 94.3 Å². The maximum Gasteiger partial charge on any atom is 0.337 e. The zero-order valence-corrected chi connectivity index (χ0v) is 16.6. The Bertz CT molecular complexity index is 499. The predicted octanol–water partition coefficient (Wildman–Crippen LogP) is 6.26. The van der Waals surface area contributed by atoms with E-state index in [-0.39, 0.29) is 5.75 Å². The number of esters is 1. The highest BCUT2D eigenvalue weighted by molar-refractivity contribution is 5.90. The maximum absolute atomic E-state index is 11.5. The Kier molecular flexibility index (Phi) is 12.4. The van der Waals surface area contributed by atoms with Crippen molar-refractivity contribution in [3.05, 3.63) is 23.8 Å². The fourth-order valence-corrected chi connectivity index (χ4v) is 3.00. The first kappa shape index (κ1) is 22.3. The van der Waals surface area contributed by atoms with Gasteiger partial charge in [0.05, 0.1) is 19.3 Å². The Morgan fingerprint density at radius 1 is 0.885 bits per heavy atom. The number of hydrogen-bond donors (Lipinski definition) is 1. The highest BCUT2D eigenvalue weighted by Gasteiger charge is 2.10. The van der Waals surface area contributed by atoms with E-state index < -0.39 is 5.97 Å². The van der Waals surface area contributed by atoms with Crippen LogP contribution in [-0.2, 0) is 4.74 Å². The lowest BCUT2D eigenvalue weighted by Gasteiger charge is -2.09. The van der Waals surface area contributed by atoms with Crippen LogP contribution in [0.5, 0.6) is 11.5 Å². The minimum Gasteiger partial charge on any atom is -0.504 e. The van der Waals surface area contributed by atoms with E-state index in [1.54, 1.807) is 0 Å². The molecule has 0 heterocycles. The van der Waals surface area contributed by atoms with E-state index in [1.165, 1.54) is 89.5 Å². The van der Waals surface area contributed by atoms with Crippen molar-refractivity contribution in [3.63, 3.8) is 0 Å². The number of methoxy groups -OCH3 is 1. The number of aromatic hydroxyl groups is 1. The Hall–Kier alpha value is -1.71. The lowest BCUT2D eigenvalue weighted by molar-refractivity contribution is 0.0600. The summed E-state index contributed by atoms with van der Waals surface area (Å²) in [6, 6.07) is 4.52. The topological polar surface area (TPSA) is 55.8 Å². The largest absolute Gasteiger partial charge is 0.504 e. The van der Waals surface area contributed by atoms with E-state index in [4.69, 9.17) is 4.74 Å². The standard InChI is InChI=1S/C22H36O4/c1-3-4-5-6-7-8-9-10-11-12-13-14-17-26-21-18-19(22(24)25-2)15-16-20(21)23/h15-16,18,23H,3-14,17H2,1-2H3. The predicted molar refractivity (Wildman–Crippen MR) is 106 cm³/mol. The van der Waals surface area contributed by atoms with Crippen molar-refractivity contribution >= 4 is 5.97 Å². The Morgan fingerprint density at radius 2 is 1.42 bits per heavy atom. The number of phenolic OH excluding ortho intramolecular Hbond substituents is 1. The summed E-state index contributed by atoms with van der Waals surface area (Å²) >= 11 is 0. The summed E-state index contributed by atoms with van der Waals surface area (Å²) in [7, 11) is 1.34. The molecule has 0 atom stereocenters. The van der Waals surface area contributed by atoms with Gasteiger partial charge in [-0.05, 0) is 24.6 Å². The molecular formula is C22H36O4. The average Bonchev–Trinajstić information content (AvgIpc) is 2.66. The van der Waals surface area contributed by atoms with Gasteiger partial charge in [0.15, 0.2) is 11.5 Å². The minimum absolute atomic E-state index is 0.0524. The van der Waals surface area contributed by atoms with Crippen LogP contribution in [0.4, 0.5) is 0 Å². The Balaban J connectivity index is 2.03. The van der Waals surface area contributed by atoms with Gasteiger partial charge in [0.2, 0.25) is 0 Å². The average molecular weight is 365 g/mol. The van der Waals surface area contributed by atoms with Crippen molar-refractivity contribution in [2.24, 2.45) is 0 Å². The van der Waals surface area contributed by atoms with E-state index in [2.05, 4.69) is 11.7 Å². The third-order valence-electron chi connectivity index (χ3n) is 4.64. The van der Waals surface area contributed by atoms with Crippen molar-refractivity contribution in [2.75, 3.05) is 13.7 Å². The molecule has 4 heteroatoms. The number of unbranched alkanes of at least 4 members (excludes halogenated alkanes) is 11. The van der Waals surface area contributed by atoms with Gasteiger partial charge in [0.1, 0.15) is 0 Å². The number of rotatable bonds is 15. The lowest BCUT2D eigenvalue weighted by Crippen LogP contribution is -2.03.